The molecule has 24 heavy (non-hydrogen) atoms. The summed E-state index contributed by atoms with van der Waals surface area (Å²) >= 11 is 1.60. The van der Waals surface area contributed by atoms with Crippen LogP contribution in [-0.4, -0.2) is 19.9 Å². The molecule has 0 fully saturated rings. The van der Waals surface area contributed by atoms with Crippen LogP contribution in [0.3, 0.4) is 0 Å². The van der Waals surface area contributed by atoms with Crippen LogP contribution in [0.25, 0.3) is 11.4 Å². The SMILES string of the molecule is Cc1cc(CSc2nnc(-c3ccc(C(C)(C)C)cc3)n2C)no1. The first-order valence-electron chi connectivity index (χ1n) is 7.90. The van der Waals surface area contributed by atoms with Crippen molar-refractivity contribution >= 4 is 11.8 Å². The van der Waals surface area contributed by atoms with E-state index in [2.05, 4.69) is 60.4 Å². The normalized spacial score (nSPS) is 11.9. The van der Waals surface area contributed by atoms with E-state index < -0.39 is 0 Å². The van der Waals surface area contributed by atoms with Gasteiger partial charge in [0.25, 0.3) is 0 Å². The van der Waals surface area contributed by atoms with Crippen LogP contribution in [0.2, 0.25) is 0 Å². The minimum atomic E-state index is 0.148. The van der Waals surface area contributed by atoms with Gasteiger partial charge < -0.3 is 9.09 Å². The lowest BCUT2D eigenvalue weighted by Crippen LogP contribution is -2.10. The van der Waals surface area contributed by atoms with Crippen LogP contribution in [0, 0.1) is 6.92 Å². The molecule has 0 unspecified atom stereocenters. The van der Waals surface area contributed by atoms with Crippen molar-refractivity contribution in [2.24, 2.45) is 7.05 Å². The molecule has 0 aliphatic carbocycles. The van der Waals surface area contributed by atoms with Gasteiger partial charge in [-0.2, -0.15) is 0 Å². The lowest BCUT2D eigenvalue weighted by molar-refractivity contribution is 0.393. The van der Waals surface area contributed by atoms with E-state index in [1.54, 1.807) is 11.8 Å². The zero-order chi connectivity index (χ0) is 17.3. The minimum absolute atomic E-state index is 0.148. The molecule has 0 radical (unpaired) electrons. The van der Waals surface area contributed by atoms with E-state index in [1.165, 1.54) is 5.56 Å². The molecule has 0 N–H and O–H groups in total. The Labute approximate surface area is 146 Å². The molecule has 126 valence electrons. The molecule has 0 bridgehead atoms. The number of aryl methyl sites for hydroxylation is 1. The molecule has 0 spiro atoms. The van der Waals surface area contributed by atoms with Gasteiger partial charge in [-0.1, -0.05) is 62.0 Å². The molecule has 2 heterocycles. The van der Waals surface area contributed by atoms with E-state index in [4.69, 9.17) is 4.52 Å². The number of hydrogen-bond acceptors (Lipinski definition) is 5. The third-order valence-corrected chi connectivity index (χ3v) is 4.92. The lowest BCUT2D eigenvalue weighted by Gasteiger charge is -2.19. The standard InChI is InChI=1S/C18H22N4OS/c1-12-10-15(21-23-12)11-24-17-20-19-16(22(17)5)13-6-8-14(9-7-13)18(2,3)4/h6-10H,11H2,1-5H3. The van der Waals surface area contributed by atoms with Crippen molar-refractivity contribution in [1.82, 2.24) is 19.9 Å². The quantitative estimate of drug-likeness (QED) is 0.659. The van der Waals surface area contributed by atoms with Gasteiger partial charge in [0, 0.05) is 24.4 Å². The van der Waals surface area contributed by atoms with Crippen LogP contribution in [-0.2, 0) is 18.2 Å². The summed E-state index contributed by atoms with van der Waals surface area (Å²) in [6, 6.07) is 10.5. The zero-order valence-corrected chi connectivity index (χ0v) is 15.5. The minimum Gasteiger partial charge on any atom is -0.361 e. The molecule has 1 aromatic carbocycles. The summed E-state index contributed by atoms with van der Waals surface area (Å²) in [5, 5.41) is 13.5. The van der Waals surface area contributed by atoms with Crippen molar-refractivity contribution in [2.45, 2.75) is 44.0 Å². The fourth-order valence-corrected chi connectivity index (χ4v) is 3.23. The highest BCUT2D eigenvalue weighted by atomic mass is 32.2. The molecule has 6 heteroatoms. The summed E-state index contributed by atoms with van der Waals surface area (Å²) in [6.07, 6.45) is 0. The molecule has 0 amide bonds. The van der Waals surface area contributed by atoms with Gasteiger partial charge in [0.1, 0.15) is 5.76 Å². The largest absolute Gasteiger partial charge is 0.361 e. The van der Waals surface area contributed by atoms with E-state index >= 15 is 0 Å². The Bertz CT molecular complexity index is 828. The Morgan fingerprint density at radius 3 is 2.42 bits per heavy atom. The van der Waals surface area contributed by atoms with Crippen LogP contribution in [0.15, 0.2) is 40.0 Å². The first-order valence-corrected chi connectivity index (χ1v) is 8.88. The van der Waals surface area contributed by atoms with Crippen LogP contribution < -0.4 is 0 Å². The zero-order valence-electron chi connectivity index (χ0n) is 14.7. The second-order valence-electron chi connectivity index (χ2n) is 6.91. The summed E-state index contributed by atoms with van der Waals surface area (Å²) in [4.78, 5) is 0. The summed E-state index contributed by atoms with van der Waals surface area (Å²) < 4.78 is 7.11. The maximum absolute atomic E-state index is 5.09. The topological polar surface area (TPSA) is 56.7 Å². The highest BCUT2D eigenvalue weighted by Gasteiger charge is 2.15. The molecule has 0 aliphatic rings. The number of hydrogen-bond donors (Lipinski definition) is 0. The Hall–Kier alpha value is -2.08. The van der Waals surface area contributed by atoms with Crippen molar-refractivity contribution in [3.63, 3.8) is 0 Å². The molecule has 0 saturated carbocycles. The molecule has 0 atom stereocenters. The highest BCUT2D eigenvalue weighted by molar-refractivity contribution is 7.98. The third kappa shape index (κ3) is 3.53. The lowest BCUT2D eigenvalue weighted by atomic mass is 9.87. The molecular weight excluding hydrogens is 320 g/mol. The van der Waals surface area contributed by atoms with E-state index in [1.807, 2.05) is 24.6 Å². The molecule has 3 rings (SSSR count). The molecule has 5 nitrogen and oxygen atoms in total. The number of benzene rings is 1. The van der Waals surface area contributed by atoms with Gasteiger partial charge in [0.15, 0.2) is 11.0 Å². The van der Waals surface area contributed by atoms with Gasteiger partial charge in [0.05, 0.1) is 5.69 Å². The number of rotatable bonds is 4. The Morgan fingerprint density at radius 2 is 1.83 bits per heavy atom. The Morgan fingerprint density at radius 1 is 1.12 bits per heavy atom. The summed E-state index contributed by atoms with van der Waals surface area (Å²) in [5.74, 6) is 2.41. The van der Waals surface area contributed by atoms with Crippen LogP contribution in [0.5, 0.6) is 0 Å². The van der Waals surface area contributed by atoms with Gasteiger partial charge >= 0.3 is 0 Å². The first kappa shape index (κ1) is 16.8. The maximum atomic E-state index is 5.09. The Balaban J connectivity index is 1.77. The van der Waals surface area contributed by atoms with Crippen LogP contribution >= 0.6 is 11.8 Å². The summed E-state index contributed by atoms with van der Waals surface area (Å²) in [6.45, 7) is 8.53. The van der Waals surface area contributed by atoms with Gasteiger partial charge in [-0.25, -0.2) is 0 Å². The second-order valence-corrected chi connectivity index (χ2v) is 7.85. The smallest absolute Gasteiger partial charge is 0.191 e. The van der Waals surface area contributed by atoms with Gasteiger partial charge in [-0.15, -0.1) is 10.2 Å². The second kappa shape index (κ2) is 6.43. The van der Waals surface area contributed by atoms with E-state index in [0.717, 1.165) is 28.0 Å². The predicted molar refractivity (Wildman–Crippen MR) is 95.9 cm³/mol. The Kier molecular flexibility index (Phi) is 4.49. The van der Waals surface area contributed by atoms with Crippen LogP contribution in [0.4, 0.5) is 0 Å². The van der Waals surface area contributed by atoms with Crippen molar-refractivity contribution in [3.05, 3.63) is 47.3 Å². The van der Waals surface area contributed by atoms with Crippen LogP contribution in [0.1, 0.15) is 37.8 Å². The molecule has 2 aromatic heterocycles. The number of nitrogens with zero attached hydrogens (tertiary/aromatic N) is 4. The average molecular weight is 342 g/mol. The van der Waals surface area contributed by atoms with E-state index in [9.17, 15) is 0 Å². The third-order valence-electron chi connectivity index (χ3n) is 3.87. The van der Waals surface area contributed by atoms with Crippen molar-refractivity contribution < 1.29 is 4.52 Å². The monoisotopic (exact) mass is 342 g/mol. The van der Waals surface area contributed by atoms with E-state index in [-0.39, 0.29) is 5.41 Å². The van der Waals surface area contributed by atoms with Gasteiger partial charge in [0.2, 0.25) is 0 Å². The molecule has 3 aromatic rings. The fraction of sp³-hybridized carbons (Fsp3) is 0.389. The van der Waals surface area contributed by atoms with Crippen molar-refractivity contribution in [3.8, 4) is 11.4 Å². The molecule has 0 saturated heterocycles. The first-order chi connectivity index (χ1) is 11.3. The highest BCUT2D eigenvalue weighted by Crippen LogP contribution is 2.28. The number of aromatic nitrogens is 4. The van der Waals surface area contributed by atoms with E-state index in [0.29, 0.717) is 5.75 Å². The number of thioether (sulfide) groups is 1. The summed E-state index contributed by atoms with van der Waals surface area (Å²) in [7, 11) is 1.99. The van der Waals surface area contributed by atoms with Crippen molar-refractivity contribution in [2.75, 3.05) is 0 Å². The van der Waals surface area contributed by atoms with Gasteiger partial charge in [-0.3, -0.25) is 0 Å². The molecular formula is C18H22N4OS. The van der Waals surface area contributed by atoms with Crippen molar-refractivity contribution in [1.29, 1.82) is 0 Å². The predicted octanol–water partition coefficient (Wildman–Crippen LogP) is 4.37. The average Bonchev–Trinajstić information content (AvgIpc) is 3.10. The molecule has 0 aliphatic heterocycles. The maximum Gasteiger partial charge on any atom is 0.191 e. The summed E-state index contributed by atoms with van der Waals surface area (Å²) in [5.41, 5.74) is 3.44. The van der Waals surface area contributed by atoms with Gasteiger partial charge in [-0.05, 0) is 17.9 Å². The fourth-order valence-electron chi connectivity index (χ4n) is 2.44.